The SMILES string of the molecule is [2H]N1c2ccccc2Cc2c1ccc(N(C)C)c2N(C)C. The molecule has 1 heterocycles. The predicted molar refractivity (Wildman–Crippen MR) is 87.6 cm³/mol. The van der Waals surface area contributed by atoms with E-state index in [9.17, 15) is 0 Å². The van der Waals surface area contributed by atoms with Crippen molar-refractivity contribution in [3.8, 4) is 0 Å². The summed E-state index contributed by atoms with van der Waals surface area (Å²) in [6.07, 6.45) is 0.871. The number of anilines is 4. The molecule has 0 bridgehead atoms. The molecule has 0 aromatic heterocycles. The van der Waals surface area contributed by atoms with Crippen LogP contribution in [0.1, 0.15) is 11.1 Å². The normalized spacial score (nSPS) is 13.4. The molecule has 0 fully saturated rings. The molecule has 0 saturated carbocycles. The van der Waals surface area contributed by atoms with E-state index in [1.165, 1.54) is 22.5 Å². The molecule has 0 radical (unpaired) electrons. The van der Waals surface area contributed by atoms with Crippen LogP contribution < -0.4 is 15.1 Å². The van der Waals surface area contributed by atoms with Gasteiger partial charge < -0.3 is 15.1 Å². The molecule has 20 heavy (non-hydrogen) atoms. The maximum atomic E-state index is 8.45. The average molecular weight is 268 g/mol. The van der Waals surface area contributed by atoms with Gasteiger partial charge in [0.1, 0.15) is 0 Å². The van der Waals surface area contributed by atoms with Crippen LogP contribution in [0.25, 0.3) is 0 Å². The highest BCUT2D eigenvalue weighted by atomic mass is 15.1. The molecule has 1 aliphatic rings. The van der Waals surface area contributed by atoms with Gasteiger partial charge in [0.05, 0.1) is 11.4 Å². The fraction of sp³-hybridized carbons (Fsp3) is 0.294. The molecule has 3 heteroatoms. The molecular formula is C17H21N3. The molecule has 2 aromatic carbocycles. The summed E-state index contributed by atoms with van der Waals surface area (Å²) in [6.45, 7) is 0. The largest absolute Gasteiger partial charge is 0.376 e. The Morgan fingerprint density at radius 2 is 1.70 bits per heavy atom. The van der Waals surface area contributed by atoms with Crippen molar-refractivity contribution in [2.45, 2.75) is 6.42 Å². The number of benzene rings is 2. The molecule has 3 rings (SSSR count). The highest BCUT2D eigenvalue weighted by molar-refractivity contribution is 5.85. The van der Waals surface area contributed by atoms with Crippen molar-refractivity contribution < 1.29 is 1.41 Å². The topological polar surface area (TPSA) is 18.5 Å². The van der Waals surface area contributed by atoms with Crippen LogP contribution in [0.3, 0.4) is 0 Å². The minimum Gasteiger partial charge on any atom is -0.376 e. The number of nitrogens with zero attached hydrogens (tertiary/aromatic N) is 2. The summed E-state index contributed by atoms with van der Waals surface area (Å²) in [5.41, 5.74) is 6.77. The third-order valence-corrected chi connectivity index (χ3v) is 3.77. The Hall–Kier alpha value is -2.16. The van der Waals surface area contributed by atoms with Crippen LogP contribution in [0.4, 0.5) is 22.7 Å². The maximum absolute atomic E-state index is 8.45. The predicted octanol–water partition coefficient (Wildman–Crippen LogP) is 3.47. The molecule has 0 spiro atoms. The summed E-state index contributed by atoms with van der Waals surface area (Å²) in [6, 6.07) is 12.3. The van der Waals surface area contributed by atoms with Crippen LogP contribution in [-0.4, -0.2) is 28.2 Å². The third-order valence-electron chi connectivity index (χ3n) is 3.77. The van der Waals surface area contributed by atoms with Crippen LogP contribution >= 0.6 is 0 Å². The number of hydrogen-bond donors (Lipinski definition) is 1. The molecule has 3 nitrogen and oxygen atoms in total. The Kier molecular flexibility index (Phi) is 2.76. The first kappa shape index (κ1) is 11.6. The number of nitrogens with one attached hydrogen (secondary N) is 1. The standard InChI is InChI=1S/C17H21N3/c1-19(2)16-10-9-15-13(17(16)20(3)4)11-12-7-5-6-8-14(12)18-15/h5-10,18H,11H2,1-4H3/i/hD. The maximum Gasteiger partial charge on any atom is 0.167 e. The zero-order valence-corrected chi connectivity index (χ0v) is 12.5. The summed E-state index contributed by atoms with van der Waals surface area (Å²) in [5, 5.41) is 1.56. The third kappa shape index (κ3) is 1.99. The van der Waals surface area contributed by atoms with Crippen LogP contribution in [0.2, 0.25) is 1.41 Å². The highest BCUT2D eigenvalue weighted by Gasteiger charge is 2.21. The van der Waals surface area contributed by atoms with Crippen molar-refractivity contribution in [1.29, 1.82) is 0 Å². The van der Waals surface area contributed by atoms with E-state index >= 15 is 0 Å². The zero-order valence-electron chi connectivity index (χ0n) is 13.5. The van der Waals surface area contributed by atoms with Gasteiger partial charge in [0.2, 0.25) is 0 Å². The number of hydrogen-bond acceptors (Lipinski definition) is 3. The summed E-state index contributed by atoms with van der Waals surface area (Å²) < 4.78 is 8.45. The van der Waals surface area contributed by atoms with E-state index in [-0.39, 0.29) is 0 Å². The Morgan fingerprint density at radius 1 is 0.950 bits per heavy atom. The van der Waals surface area contributed by atoms with Crippen LogP contribution in [0, 0.1) is 0 Å². The van der Waals surface area contributed by atoms with Crippen molar-refractivity contribution in [2.75, 3.05) is 43.3 Å². The van der Waals surface area contributed by atoms with Crippen LogP contribution in [0.5, 0.6) is 0 Å². The molecule has 1 N–H and O–H groups in total. The highest BCUT2D eigenvalue weighted by Crippen LogP contribution is 2.42. The van der Waals surface area contributed by atoms with Gasteiger partial charge in [-0.2, -0.15) is 0 Å². The van der Waals surface area contributed by atoms with Crippen molar-refractivity contribution in [3.05, 3.63) is 47.5 Å². The fourth-order valence-corrected chi connectivity index (χ4v) is 2.84. The van der Waals surface area contributed by atoms with E-state index in [1.54, 1.807) is 5.31 Å². The number of rotatable bonds is 2. The van der Waals surface area contributed by atoms with E-state index in [0.717, 1.165) is 17.8 Å². The van der Waals surface area contributed by atoms with E-state index in [2.05, 4.69) is 56.2 Å². The van der Waals surface area contributed by atoms with E-state index < -0.39 is 0 Å². The van der Waals surface area contributed by atoms with Gasteiger partial charge in [0, 0.05) is 51.5 Å². The Balaban J connectivity index is 2.23. The summed E-state index contributed by atoms with van der Waals surface area (Å²) >= 11 is 0. The first-order valence-electron chi connectivity index (χ1n) is 7.33. The van der Waals surface area contributed by atoms with Crippen molar-refractivity contribution in [3.63, 3.8) is 0 Å². The quantitative estimate of drug-likeness (QED) is 0.899. The van der Waals surface area contributed by atoms with Gasteiger partial charge in [-0.25, -0.2) is 0 Å². The Bertz CT molecular complexity index is 680. The smallest absolute Gasteiger partial charge is 0.167 e. The molecule has 0 atom stereocenters. The van der Waals surface area contributed by atoms with Crippen molar-refractivity contribution in [1.82, 2.24) is 0 Å². The summed E-state index contributed by atoms with van der Waals surface area (Å²) in [7, 11) is 8.25. The lowest BCUT2D eigenvalue weighted by Crippen LogP contribution is -2.20. The summed E-state index contributed by atoms with van der Waals surface area (Å²) in [4.78, 5) is 4.28. The van der Waals surface area contributed by atoms with E-state index in [4.69, 9.17) is 1.41 Å². The molecule has 0 saturated heterocycles. The first-order chi connectivity index (χ1) is 10.0. The summed E-state index contributed by atoms with van der Waals surface area (Å²) in [5.74, 6) is 0. The van der Waals surface area contributed by atoms with Gasteiger partial charge >= 0.3 is 0 Å². The molecular weight excluding hydrogens is 246 g/mol. The van der Waals surface area contributed by atoms with Crippen LogP contribution in [-0.2, 0) is 6.42 Å². The lowest BCUT2D eigenvalue weighted by molar-refractivity contribution is 1.04. The fourth-order valence-electron chi connectivity index (χ4n) is 2.84. The second-order valence-corrected chi connectivity index (χ2v) is 5.64. The zero-order chi connectivity index (χ0) is 15.1. The molecule has 104 valence electrons. The van der Waals surface area contributed by atoms with E-state index in [1.807, 2.05) is 18.2 Å². The van der Waals surface area contributed by atoms with Crippen LogP contribution in [0.15, 0.2) is 36.4 Å². The van der Waals surface area contributed by atoms with Crippen molar-refractivity contribution >= 4 is 22.7 Å². The monoisotopic (exact) mass is 268 g/mol. The minimum atomic E-state index is 0.871. The molecule has 0 amide bonds. The van der Waals surface area contributed by atoms with Gasteiger partial charge in [-0.3, -0.25) is 0 Å². The van der Waals surface area contributed by atoms with E-state index in [0.29, 0.717) is 0 Å². The molecule has 0 unspecified atom stereocenters. The molecule has 0 aliphatic carbocycles. The molecule has 1 aliphatic heterocycles. The second kappa shape index (κ2) is 4.75. The van der Waals surface area contributed by atoms with Gasteiger partial charge in [0.15, 0.2) is 1.41 Å². The van der Waals surface area contributed by atoms with Gasteiger partial charge in [0.25, 0.3) is 0 Å². The lowest BCUT2D eigenvalue weighted by atomic mass is 9.94. The number of fused-ring (bicyclic) bond motifs is 2. The Morgan fingerprint density at radius 3 is 2.40 bits per heavy atom. The second-order valence-electron chi connectivity index (χ2n) is 5.64. The number of para-hydroxylation sites is 1. The lowest BCUT2D eigenvalue weighted by Gasteiger charge is -2.30. The van der Waals surface area contributed by atoms with Crippen molar-refractivity contribution in [2.24, 2.45) is 0 Å². The first-order valence-corrected chi connectivity index (χ1v) is 6.88. The van der Waals surface area contributed by atoms with Gasteiger partial charge in [-0.1, -0.05) is 18.2 Å². The van der Waals surface area contributed by atoms with Gasteiger partial charge in [-0.15, -0.1) is 0 Å². The minimum absolute atomic E-state index is 0.871. The average Bonchev–Trinajstić information content (AvgIpc) is 2.46. The Labute approximate surface area is 122 Å². The molecule has 2 aromatic rings. The van der Waals surface area contributed by atoms with Gasteiger partial charge in [-0.05, 0) is 23.8 Å².